The van der Waals surface area contributed by atoms with Crippen LogP contribution in [0.25, 0.3) is 0 Å². The summed E-state index contributed by atoms with van der Waals surface area (Å²) < 4.78 is 7.19. The molecular weight excluding hydrogens is 645 g/mol. The molecule has 1 N–H and O–H groups in total. The Hall–Kier alpha value is -3.85. The molecule has 2 amide bonds. The molecule has 0 bridgehead atoms. The Morgan fingerprint density at radius 3 is 1.78 bits per heavy atom. The zero-order chi connectivity index (χ0) is 34.8. The number of aliphatic hydroxyl groups excluding tert-OH is 1. The second-order valence-corrected chi connectivity index (χ2v) is 21.2. The molecule has 2 aliphatic rings. The molecular formula is C41H48N2O4SSi. The van der Waals surface area contributed by atoms with Gasteiger partial charge in [0.05, 0.1) is 28.2 Å². The van der Waals surface area contributed by atoms with Gasteiger partial charge in [-0.2, -0.15) is 0 Å². The van der Waals surface area contributed by atoms with E-state index in [1.165, 1.54) is 0 Å². The topological polar surface area (TPSA) is 70.1 Å². The van der Waals surface area contributed by atoms with Crippen LogP contribution in [0.5, 0.6) is 0 Å². The van der Waals surface area contributed by atoms with Crippen LogP contribution in [0.1, 0.15) is 55.9 Å². The Morgan fingerprint density at radius 2 is 1.31 bits per heavy atom. The van der Waals surface area contributed by atoms with Gasteiger partial charge in [0.15, 0.2) is 8.24 Å². The molecule has 0 radical (unpaired) electrons. The molecule has 49 heavy (non-hydrogen) atoms. The molecule has 6 rings (SSSR count). The van der Waals surface area contributed by atoms with E-state index in [9.17, 15) is 14.7 Å². The van der Waals surface area contributed by atoms with E-state index in [0.717, 1.165) is 28.7 Å². The molecule has 6 nitrogen and oxygen atoms in total. The molecule has 2 fully saturated rings. The lowest BCUT2D eigenvalue weighted by Crippen LogP contribution is -2.75. The maximum Gasteiger partial charge on any atom is 0.410 e. The first kappa shape index (κ1) is 35.0. The van der Waals surface area contributed by atoms with Crippen LogP contribution in [0, 0.1) is 5.92 Å². The van der Waals surface area contributed by atoms with Crippen LogP contribution in [0.2, 0.25) is 18.1 Å². The van der Waals surface area contributed by atoms with Crippen molar-refractivity contribution >= 4 is 32.0 Å². The van der Waals surface area contributed by atoms with Crippen molar-refractivity contribution in [1.29, 1.82) is 0 Å². The summed E-state index contributed by atoms with van der Waals surface area (Å²) in [6.07, 6.45) is -0.133. The van der Waals surface area contributed by atoms with Gasteiger partial charge in [0.25, 0.3) is 0 Å². The minimum atomic E-state index is -2.42. The van der Waals surface area contributed by atoms with Crippen LogP contribution < -0.4 is 0 Å². The summed E-state index contributed by atoms with van der Waals surface area (Å²) >= 11 is 1.75. The van der Waals surface area contributed by atoms with E-state index >= 15 is 0 Å². The minimum Gasteiger partial charge on any atom is -0.445 e. The molecule has 0 aliphatic carbocycles. The summed E-state index contributed by atoms with van der Waals surface area (Å²) in [6, 6.07) is 40.6. The van der Waals surface area contributed by atoms with E-state index in [1.54, 1.807) is 16.7 Å². The molecule has 2 aliphatic heterocycles. The second-order valence-electron chi connectivity index (χ2n) is 14.8. The Bertz CT molecular complexity index is 1620. The number of likely N-dealkylation sites (tertiary alicyclic amines) is 1. The number of hydrogen-bond donors (Lipinski definition) is 1. The summed E-state index contributed by atoms with van der Waals surface area (Å²) in [5.41, 5.74) is 4.22. The van der Waals surface area contributed by atoms with Gasteiger partial charge in [-0.15, -0.1) is 11.8 Å². The lowest BCUT2D eigenvalue weighted by molar-refractivity contribution is -0.152. The van der Waals surface area contributed by atoms with Crippen LogP contribution in [0.3, 0.4) is 0 Å². The van der Waals surface area contributed by atoms with Gasteiger partial charge >= 0.3 is 6.09 Å². The molecule has 256 valence electrons. The number of β-lactam (4-membered cyclic amide) rings is 1. The van der Waals surface area contributed by atoms with Crippen molar-refractivity contribution in [2.75, 3.05) is 6.54 Å². The maximum absolute atomic E-state index is 14.6. The minimum absolute atomic E-state index is 0.0239. The number of benzene rings is 4. The Kier molecular flexibility index (Phi) is 10.1. The van der Waals surface area contributed by atoms with E-state index in [1.807, 2.05) is 48.5 Å². The van der Waals surface area contributed by atoms with Crippen LogP contribution in [0.15, 0.2) is 121 Å². The van der Waals surface area contributed by atoms with Gasteiger partial charge in [-0.05, 0) is 40.1 Å². The fourth-order valence-corrected chi connectivity index (χ4v) is 12.2. The van der Waals surface area contributed by atoms with Crippen molar-refractivity contribution in [1.82, 2.24) is 9.47 Å². The number of amides is 2. The van der Waals surface area contributed by atoms with Crippen molar-refractivity contribution in [2.24, 2.45) is 5.92 Å². The smallest absolute Gasteiger partial charge is 0.410 e. The largest absolute Gasteiger partial charge is 0.445 e. The van der Waals surface area contributed by atoms with E-state index in [4.69, 9.17) is 4.74 Å². The van der Waals surface area contributed by atoms with Gasteiger partial charge in [-0.25, -0.2) is 4.79 Å². The molecule has 0 saturated carbocycles. The first-order valence-electron chi connectivity index (χ1n) is 17.3. The quantitative estimate of drug-likeness (QED) is 0.102. The number of rotatable bonds is 10. The SMILES string of the molecule is CC(C)(C)[Si](C)(C)N1C(=O)C(C(O)C2CCCN2C(=O)OCc2ccccc2)C1SC(c1ccccc1)(c1ccccc1)c1ccccc1. The lowest BCUT2D eigenvalue weighted by Gasteiger charge is -2.61. The lowest BCUT2D eigenvalue weighted by atomic mass is 9.84. The molecule has 2 saturated heterocycles. The summed E-state index contributed by atoms with van der Waals surface area (Å²) in [7, 11) is -2.42. The van der Waals surface area contributed by atoms with E-state index in [2.05, 4.69) is 111 Å². The molecule has 0 aromatic heterocycles. The molecule has 8 heteroatoms. The first-order valence-corrected chi connectivity index (χ1v) is 21.1. The summed E-state index contributed by atoms with van der Waals surface area (Å²) in [4.78, 5) is 29.7. The third-order valence-corrected chi connectivity index (χ3v) is 18.2. The second kappa shape index (κ2) is 14.2. The number of carbonyl (C=O) groups is 2. The number of aliphatic hydroxyl groups is 1. The number of carbonyl (C=O) groups excluding carboxylic acids is 2. The summed E-state index contributed by atoms with van der Waals surface area (Å²) in [6.45, 7) is 11.8. The van der Waals surface area contributed by atoms with Crippen molar-refractivity contribution in [2.45, 2.75) is 80.6 Å². The highest BCUT2D eigenvalue weighted by Gasteiger charge is 2.63. The molecule has 4 aromatic carbocycles. The fraction of sp³-hybridized carbons (Fsp3) is 0.366. The van der Waals surface area contributed by atoms with Crippen molar-refractivity contribution in [3.8, 4) is 0 Å². The van der Waals surface area contributed by atoms with Crippen LogP contribution in [-0.2, 0) is 20.9 Å². The predicted molar refractivity (Wildman–Crippen MR) is 200 cm³/mol. The average molecular weight is 693 g/mol. The van der Waals surface area contributed by atoms with Gasteiger partial charge in [0.1, 0.15) is 6.61 Å². The van der Waals surface area contributed by atoms with Crippen molar-refractivity contribution in [3.63, 3.8) is 0 Å². The number of hydrogen-bond acceptors (Lipinski definition) is 5. The van der Waals surface area contributed by atoms with Crippen molar-refractivity contribution in [3.05, 3.63) is 144 Å². The first-order chi connectivity index (χ1) is 23.5. The zero-order valence-corrected chi connectivity index (χ0v) is 31.0. The number of nitrogens with zero attached hydrogens (tertiary/aromatic N) is 2. The highest BCUT2D eigenvalue weighted by atomic mass is 32.2. The Morgan fingerprint density at radius 1 is 0.837 bits per heavy atom. The van der Waals surface area contributed by atoms with E-state index in [0.29, 0.717) is 13.0 Å². The average Bonchev–Trinajstić information content (AvgIpc) is 3.61. The summed E-state index contributed by atoms with van der Waals surface area (Å²) in [5, 5.41) is 11.9. The summed E-state index contributed by atoms with van der Waals surface area (Å²) in [5.74, 6) is -0.716. The molecule has 0 spiro atoms. The number of ether oxygens (including phenoxy) is 1. The van der Waals surface area contributed by atoms with Crippen molar-refractivity contribution < 1.29 is 19.4 Å². The maximum atomic E-state index is 14.6. The molecule has 4 aromatic rings. The highest BCUT2D eigenvalue weighted by Crippen LogP contribution is 2.58. The predicted octanol–water partition coefficient (Wildman–Crippen LogP) is 8.66. The molecule has 4 atom stereocenters. The van der Waals surface area contributed by atoms with Gasteiger partial charge in [-0.3, -0.25) is 4.79 Å². The third kappa shape index (κ3) is 6.58. The molecule has 2 heterocycles. The zero-order valence-electron chi connectivity index (χ0n) is 29.2. The Balaban J connectivity index is 1.41. The monoisotopic (exact) mass is 692 g/mol. The molecule has 4 unspecified atom stereocenters. The Labute approximate surface area is 296 Å². The van der Waals surface area contributed by atoms with Gasteiger partial charge < -0.3 is 19.3 Å². The van der Waals surface area contributed by atoms with Gasteiger partial charge in [0.2, 0.25) is 5.91 Å². The normalized spacial score (nSPS) is 20.5. The van der Waals surface area contributed by atoms with Crippen LogP contribution in [0.4, 0.5) is 4.79 Å². The fourth-order valence-electron chi connectivity index (χ4n) is 7.20. The highest BCUT2D eigenvalue weighted by molar-refractivity contribution is 8.01. The van der Waals surface area contributed by atoms with Crippen LogP contribution >= 0.6 is 11.8 Å². The van der Waals surface area contributed by atoms with Gasteiger partial charge in [-0.1, -0.05) is 155 Å². The van der Waals surface area contributed by atoms with Crippen LogP contribution in [-0.4, -0.2) is 58.9 Å². The van der Waals surface area contributed by atoms with E-state index < -0.39 is 37.1 Å². The number of thioether (sulfide) groups is 1. The standard InChI is InChI=1S/C41H48N2O4SSi/c1-40(2,3)49(4,5)43-37(45)35(36(44)34-27-18-28-42(34)39(46)47-29-30-19-10-6-11-20-30)38(43)48-41(31-21-12-7-13-22-31,32-23-14-8-15-24-32)33-25-16-9-17-26-33/h6-17,19-26,34-36,38,44H,18,27-29H2,1-5H3. The van der Waals surface area contributed by atoms with Gasteiger partial charge in [0, 0.05) is 6.54 Å². The third-order valence-electron chi connectivity index (χ3n) is 10.9. The van der Waals surface area contributed by atoms with E-state index in [-0.39, 0.29) is 22.9 Å².